The molecule has 0 aliphatic carbocycles. The van der Waals surface area contributed by atoms with E-state index in [2.05, 4.69) is 36.2 Å². The van der Waals surface area contributed by atoms with E-state index in [1.165, 1.54) is 5.56 Å². The number of halogens is 2. The van der Waals surface area contributed by atoms with Gasteiger partial charge < -0.3 is 10.2 Å². The first-order valence-corrected chi connectivity index (χ1v) is 8.20. The van der Waals surface area contributed by atoms with Crippen molar-refractivity contribution in [3.05, 3.63) is 64.1 Å². The third-order valence-corrected chi connectivity index (χ3v) is 3.97. The van der Waals surface area contributed by atoms with Gasteiger partial charge in [0.15, 0.2) is 5.11 Å². The smallest absolute Gasteiger partial charge is 0.173 e. The summed E-state index contributed by atoms with van der Waals surface area (Å²) in [5, 5.41) is 5.02. The van der Waals surface area contributed by atoms with Crippen molar-refractivity contribution in [2.45, 2.75) is 26.4 Å². The molecule has 0 saturated carbocycles. The Labute approximate surface area is 147 Å². The molecule has 0 fully saturated rings. The lowest BCUT2D eigenvalue weighted by Crippen LogP contribution is -2.39. The van der Waals surface area contributed by atoms with Gasteiger partial charge in [-0.2, -0.15) is 0 Å². The molecule has 2 nitrogen and oxygen atoms in total. The van der Waals surface area contributed by atoms with Crippen molar-refractivity contribution in [3.63, 3.8) is 0 Å². The van der Waals surface area contributed by atoms with E-state index in [1.54, 1.807) is 18.2 Å². The first kappa shape index (κ1) is 17.1. The number of benzene rings is 2. The Hall–Kier alpha value is -1.29. The van der Waals surface area contributed by atoms with Gasteiger partial charge in [0.2, 0.25) is 0 Å². The van der Waals surface area contributed by atoms with Gasteiger partial charge in [-0.1, -0.05) is 53.5 Å². The van der Waals surface area contributed by atoms with Crippen molar-refractivity contribution in [1.82, 2.24) is 4.90 Å². The van der Waals surface area contributed by atoms with Crippen LogP contribution in [0.15, 0.2) is 48.5 Å². The molecule has 0 atom stereocenters. The first-order chi connectivity index (χ1) is 10.5. The van der Waals surface area contributed by atoms with Crippen LogP contribution in [0.5, 0.6) is 0 Å². The molecular formula is C17H18Cl2N2S. The van der Waals surface area contributed by atoms with Crippen LogP contribution in [0.1, 0.15) is 19.4 Å². The monoisotopic (exact) mass is 352 g/mol. The molecule has 0 amide bonds. The van der Waals surface area contributed by atoms with Crippen LogP contribution in [-0.2, 0) is 6.54 Å². The van der Waals surface area contributed by atoms with E-state index in [4.69, 9.17) is 35.4 Å². The molecule has 0 radical (unpaired) electrons. The first-order valence-electron chi connectivity index (χ1n) is 7.03. The third kappa shape index (κ3) is 4.87. The fraction of sp³-hybridized carbons (Fsp3) is 0.235. The predicted molar refractivity (Wildman–Crippen MR) is 99.8 cm³/mol. The Bertz CT molecular complexity index is 624. The van der Waals surface area contributed by atoms with Gasteiger partial charge >= 0.3 is 0 Å². The third-order valence-electron chi connectivity index (χ3n) is 3.19. The zero-order valence-electron chi connectivity index (χ0n) is 12.5. The Kier molecular flexibility index (Phi) is 6.07. The Morgan fingerprint density at radius 1 is 1.09 bits per heavy atom. The fourth-order valence-corrected chi connectivity index (χ4v) is 3.01. The summed E-state index contributed by atoms with van der Waals surface area (Å²) in [6.07, 6.45) is 0. The van der Waals surface area contributed by atoms with Crippen LogP contribution in [-0.4, -0.2) is 16.1 Å². The summed E-state index contributed by atoms with van der Waals surface area (Å²) in [6.45, 7) is 4.97. The van der Waals surface area contributed by atoms with E-state index in [0.717, 1.165) is 12.2 Å². The molecule has 0 spiro atoms. The van der Waals surface area contributed by atoms with E-state index in [1.807, 2.05) is 18.2 Å². The normalized spacial score (nSPS) is 10.6. The van der Waals surface area contributed by atoms with Crippen LogP contribution in [0, 0.1) is 0 Å². The van der Waals surface area contributed by atoms with Gasteiger partial charge in [-0.05, 0) is 49.8 Å². The second-order valence-electron chi connectivity index (χ2n) is 5.30. The molecule has 1 N–H and O–H groups in total. The maximum atomic E-state index is 6.02. The number of rotatable bonds is 4. The van der Waals surface area contributed by atoms with Gasteiger partial charge in [0.05, 0.1) is 0 Å². The maximum absolute atomic E-state index is 6.02. The zero-order valence-corrected chi connectivity index (χ0v) is 14.8. The average molecular weight is 353 g/mol. The van der Waals surface area contributed by atoms with Crippen molar-refractivity contribution in [2.75, 3.05) is 5.32 Å². The number of nitrogens with one attached hydrogen (secondary N) is 1. The summed E-state index contributed by atoms with van der Waals surface area (Å²) in [5.41, 5.74) is 2.01. The van der Waals surface area contributed by atoms with Gasteiger partial charge in [-0.3, -0.25) is 0 Å². The minimum Gasteiger partial charge on any atom is -0.342 e. The molecule has 0 aliphatic rings. The lowest BCUT2D eigenvalue weighted by Gasteiger charge is -2.30. The number of nitrogens with zero attached hydrogens (tertiary/aromatic N) is 1. The largest absolute Gasteiger partial charge is 0.342 e. The summed E-state index contributed by atoms with van der Waals surface area (Å²) in [7, 11) is 0. The number of anilines is 1. The van der Waals surface area contributed by atoms with Crippen LogP contribution >= 0.6 is 35.4 Å². The SMILES string of the molecule is CC(C)N(Cc1ccccc1)C(=S)Nc1cc(Cl)cc(Cl)c1. The van der Waals surface area contributed by atoms with Crippen molar-refractivity contribution >= 4 is 46.2 Å². The van der Waals surface area contributed by atoms with Crippen LogP contribution in [0.3, 0.4) is 0 Å². The lowest BCUT2D eigenvalue weighted by molar-refractivity contribution is 0.348. The maximum Gasteiger partial charge on any atom is 0.173 e. The number of hydrogen-bond acceptors (Lipinski definition) is 1. The molecule has 5 heteroatoms. The van der Waals surface area contributed by atoms with E-state index >= 15 is 0 Å². The van der Waals surface area contributed by atoms with Crippen molar-refractivity contribution in [3.8, 4) is 0 Å². The topological polar surface area (TPSA) is 15.3 Å². The van der Waals surface area contributed by atoms with E-state index in [-0.39, 0.29) is 6.04 Å². The van der Waals surface area contributed by atoms with Crippen LogP contribution in [0.4, 0.5) is 5.69 Å². The summed E-state index contributed by atoms with van der Waals surface area (Å²) in [6, 6.07) is 15.8. The van der Waals surface area contributed by atoms with Crippen molar-refractivity contribution in [1.29, 1.82) is 0 Å². The highest BCUT2D eigenvalue weighted by molar-refractivity contribution is 7.80. The molecular weight excluding hydrogens is 335 g/mol. The van der Waals surface area contributed by atoms with Gasteiger partial charge in [0, 0.05) is 28.3 Å². The lowest BCUT2D eigenvalue weighted by atomic mass is 10.2. The highest BCUT2D eigenvalue weighted by Crippen LogP contribution is 2.23. The van der Waals surface area contributed by atoms with Crippen LogP contribution in [0.2, 0.25) is 10.0 Å². The summed E-state index contributed by atoms with van der Waals surface area (Å²) >= 11 is 17.6. The summed E-state index contributed by atoms with van der Waals surface area (Å²) in [5.74, 6) is 0. The molecule has 0 saturated heterocycles. The van der Waals surface area contributed by atoms with Crippen LogP contribution in [0.25, 0.3) is 0 Å². The van der Waals surface area contributed by atoms with E-state index < -0.39 is 0 Å². The minimum atomic E-state index is 0.273. The summed E-state index contributed by atoms with van der Waals surface area (Å²) in [4.78, 5) is 2.12. The van der Waals surface area contributed by atoms with E-state index in [9.17, 15) is 0 Å². The van der Waals surface area contributed by atoms with Gasteiger partial charge in [0.25, 0.3) is 0 Å². The van der Waals surface area contributed by atoms with Crippen molar-refractivity contribution < 1.29 is 0 Å². The zero-order chi connectivity index (χ0) is 16.1. The molecule has 2 rings (SSSR count). The highest BCUT2D eigenvalue weighted by atomic mass is 35.5. The predicted octanol–water partition coefficient (Wildman–Crippen LogP) is 5.60. The molecule has 116 valence electrons. The molecule has 0 unspecified atom stereocenters. The Morgan fingerprint density at radius 3 is 2.23 bits per heavy atom. The van der Waals surface area contributed by atoms with E-state index in [0.29, 0.717) is 15.2 Å². The molecule has 0 aliphatic heterocycles. The number of thiocarbonyl (C=S) groups is 1. The Morgan fingerprint density at radius 2 is 1.68 bits per heavy atom. The quantitative estimate of drug-likeness (QED) is 0.720. The Balaban J connectivity index is 2.13. The van der Waals surface area contributed by atoms with Crippen LogP contribution < -0.4 is 5.32 Å². The highest BCUT2D eigenvalue weighted by Gasteiger charge is 2.14. The van der Waals surface area contributed by atoms with Gasteiger partial charge in [-0.25, -0.2) is 0 Å². The second-order valence-corrected chi connectivity index (χ2v) is 6.56. The molecule has 0 bridgehead atoms. The second kappa shape index (κ2) is 7.82. The standard InChI is InChI=1S/C17H18Cl2N2S/c1-12(2)21(11-13-6-4-3-5-7-13)17(22)20-16-9-14(18)8-15(19)10-16/h3-10,12H,11H2,1-2H3,(H,20,22). The molecule has 22 heavy (non-hydrogen) atoms. The summed E-state index contributed by atoms with van der Waals surface area (Å²) < 4.78 is 0. The minimum absolute atomic E-state index is 0.273. The van der Waals surface area contributed by atoms with Crippen molar-refractivity contribution in [2.24, 2.45) is 0 Å². The van der Waals surface area contributed by atoms with Gasteiger partial charge in [-0.15, -0.1) is 0 Å². The molecule has 2 aromatic rings. The molecule has 0 aromatic heterocycles. The number of hydrogen-bond donors (Lipinski definition) is 1. The average Bonchev–Trinajstić information content (AvgIpc) is 2.44. The molecule has 0 heterocycles. The van der Waals surface area contributed by atoms with Gasteiger partial charge in [0.1, 0.15) is 0 Å². The molecule has 2 aromatic carbocycles. The fourth-order valence-electron chi connectivity index (χ4n) is 2.09.